The quantitative estimate of drug-likeness (QED) is 0.714. The van der Waals surface area contributed by atoms with Crippen molar-refractivity contribution in [3.05, 3.63) is 18.0 Å². The third kappa shape index (κ3) is 3.79. The summed E-state index contributed by atoms with van der Waals surface area (Å²) < 4.78 is 32.7. The second-order valence-corrected chi connectivity index (χ2v) is 6.18. The molecule has 0 amide bonds. The summed E-state index contributed by atoms with van der Waals surface area (Å²) in [6.07, 6.45) is 1.55. The second kappa shape index (κ2) is 7.04. The first-order chi connectivity index (χ1) is 8.97. The van der Waals surface area contributed by atoms with E-state index in [1.807, 2.05) is 13.8 Å². The molecule has 0 aromatic carbocycles. The van der Waals surface area contributed by atoms with Gasteiger partial charge in [0.1, 0.15) is 4.90 Å². The molecule has 0 bridgehead atoms. The van der Waals surface area contributed by atoms with Crippen molar-refractivity contribution in [2.24, 2.45) is 0 Å². The van der Waals surface area contributed by atoms with Crippen LogP contribution in [0.3, 0.4) is 0 Å². The molecule has 110 valence electrons. The Hall–Kier alpha value is -0.890. The molecule has 0 aliphatic heterocycles. The summed E-state index contributed by atoms with van der Waals surface area (Å²) in [5.74, 6) is 0. The van der Waals surface area contributed by atoms with Crippen LogP contribution < -0.4 is 0 Å². The topological polar surface area (TPSA) is 71.8 Å². The maximum absolute atomic E-state index is 12.3. The zero-order chi connectivity index (χ0) is 14.5. The van der Waals surface area contributed by atoms with Crippen molar-refractivity contribution < 1.29 is 18.3 Å². The van der Waals surface area contributed by atoms with Crippen molar-refractivity contribution in [2.75, 3.05) is 26.8 Å². The van der Waals surface area contributed by atoms with Gasteiger partial charge in [0.25, 0.3) is 0 Å². The highest BCUT2D eigenvalue weighted by molar-refractivity contribution is 7.89. The Morgan fingerprint density at radius 1 is 1.42 bits per heavy atom. The first-order valence-electron chi connectivity index (χ1n) is 6.31. The Morgan fingerprint density at radius 3 is 2.58 bits per heavy atom. The van der Waals surface area contributed by atoms with E-state index in [-0.39, 0.29) is 11.5 Å². The number of hydrogen-bond acceptors (Lipinski definition) is 4. The largest absolute Gasteiger partial charge is 0.390 e. The molecule has 1 rings (SSSR count). The van der Waals surface area contributed by atoms with Crippen molar-refractivity contribution in [1.82, 2.24) is 8.87 Å². The minimum Gasteiger partial charge on any atom is -0.390 e. The van der Waals surface area contributed by atoms with Crippen LogP contribution in [-0.4, -0.2) is 49.2 Å². The lowest BCUT2D eigenvalue weighted by Crippen LogP contribution is -2.30. The minimum absolute atomic E-state index is 0.175. The summed E-state index contributed by atoms with van der Waals surface area (Å²) >= 11 is 0. The van der Waals surface area contributed by atoms with Gasteiger partial charge in [-0.2, -0.15) is 4.31 Å². The monoisotopic (exact) mass is 290 g/mol. The van der Waals surface area contributed by atoms with E-state index in [0.29, 0.717) is 32.0 Å². The molecule has 0 aliphatic carbocycles. The number of likely N-dealkylation sites (N-methyl/N-ethyl adjacent to an activating group) is 1. The Morgan fingerprint density at radius 2 is 2.11 bits per heavy atom. The predicted molar refractivity (Wildman–Crippen MR) is 72.3 cm³/mol. The zero-order valence-electron chi connectivity index (χ0n) is 11.7. The van der Waals surface area contributed by atoms with E-state index < -0.39 is 10.0 Å². The summed E-state index contributed by atoms with van der Waals surface area (Å²) in [4.78, 5) is 0.206. The highest BCUT2D eigenvalue weighted by atomic mass is 32.2. The maximum Gasteiger partial charge on any atom is 0.244 e. The van der Waals surface area contributed by atoms with Crippen LogP contribution in [0, 0.1) is 0 Å². The fraction of sp³-hybridized carbons (Fsp3) is 0.667. The third-order valence-corrected chi connectivity index (χ3v) is 4.75. The molecule has 1 heterocycles. The molecular formula is C12H22N2O4S. The van der Waals surface area contributed by atoms with Gasteiger partial charge in [-0.15, -0.1) is 0 Å². The fourth-order valence-electron chi connectivity index (χ4n) is 1.73. The Balaban J connectivity index is 2.90. The number of nitrogens with zero attached hydrogens (tertiary/aromatic N) is 2. The molecule has 0 spiro atoms. The van der Waals surface area contributed by atoms with Crippen LogP contribution in [0.15, 0.2) is 17.2 Å². The first-order valence-corrected chi connectivity index (χ1v) is 7.75. The van der Waals surface area contributed by atoms with E-state index >= 15 is 0 Å². The molecule has 1 N–H and O–H groups in total. The lowest BCUT2D eigenvalue weighted by atomic mass is 10.4. The van der Waals surface area contributed by atoms with E-state index in [1.54, 1.807) is 10.8 Å². The van der Waals surface area contributed by atoms with Crippen molar-refractivity contribution >= 4 is 10.0 Å². The molecule has 19 heavy (non-hydrogen) atoms. The number of aromatic nitrogens is 1. The number of aliphatic hydroxyl groups is 1. The fourth-order valence-corrected chi connectivity index (χ4v) is 2.95. The highest BCUT2D eigenvalue weighted by Gasteiger charge is 2.23. The SMILES string of the molecule is CCOCCN(C)S(=O)(=O)c1cc(CO)n(CC)c1. The zero-order valence-corrected chi connectivity index (χ0v) is 12.5. The van der Waals surface area contributed by atoms with Crippen molar-refractivity contribution in [2.45, 2.75) is 31.9 Å². The van der Waals surface area contributed by atoms with E-state index in [9.17, 15) is 13.5 Å². The molecule has 0 unspecified atom stereocenters. The van der Waals surface area contributed by atoms with Crippen molar-refractivity contribution in [1.29, 1.82) is 0 Å². The van der Waals surface area contributed by atoms with Crippen molar-refractivity contribution in [3.8, 4) is 0 Å². The van der Waals surface area contributed by atoms with Crippen LogP contribution in [0.1, 0.15) is 19.5 Å². The van der Waals surface area contributed by atoms with Gasteiger partial charge in [-0.3, -0.25) is 0 Å². The van der Waals surface area contributed by atoms with Gasteiger partial charge < -0.3 is 14.4 Å². The summed E-state index contributed by atoms with van der Waals surface area (Å²) in [6, 6.07) is 1.51. The van der Waals surface area contributed by atoms with E-state index in [0.717, 1.165) is 0 Å². The van der Waals surface area contributed by atoms with Gasteiger partial charge in [0.2, 0.25) is 10.0 Å². The van der Waals surface area contributed by atoms with E-state index in [1.165, 1.54) is 17.4 Å². The van der Waals surface area contributed by atoms with Crippen LogP contribution in [0.5, 0.6) is 0 Å². The number of aliphatic hydroxyl groups excluding tert-OH is 1. The molecule has 0 aliphatic rings. The smallest absolute Gasteiger partial charge is 0.244 e. The van der Waals surface area contributed by atoms with Crippen LogP contribution in [0.4, 0.5) is 0 Å². The molecule has 1 aromatic heterocycles. The van der Waals surface area contributed by atoms with E-state index in [4.69, 9.17) is 4.74 Å². The van der Waals surface area contributed by atoms with E-state index in [2.05, 4.69) is 0 Å². The summed E-state index contributed by atoms with van der Waals surface area (Å²) in [5.41, 5.74) is 0.597. The number of hydrogen-bond donors (Lipinski definition) is 1. The number of rotatable bonds is 8. The number of aryl methyl sites for hydroxylation is 1. The van der Waals surface area contributed by atoms with Gasteiger partial charge in [-0.05, 0) is 19.9 Å². The summed E-state index contributed by atoms with van der Waals surface area (Å²) in [7, 11) is -2.00. The molecular weight excluding hydrogens is 268 g/mol. The van der Waals surface area contributed by atoms with Crippen LogP contribution in [0.25, 0.3) is 0 Å². The van der Waals surface area contributed by atoms with Gasteiger partial charge in [-0.25, -0.2) is 8.42 Å². The molecule has 7 heteroatoms. The highest BCUT2D eigenvalue weighted by Crippen LogP contribution is 2.18. The maximum atomic E-state index is 12.3. The van der Waals surface area contributed by atoms with Crippen molar-refractivity contribution in [3.63, 3.8) is 0 Å². The summed E-state index contributed by atoms with van der Waals surface area (Å²) in [6.45, 7) is 5.45. The van der Waals surface area contributed by atoms with Gasteiger partial charge >= 0.3 is 0 Å². The minimum atomic E-state index is -3.52. The Bertz CT molecular complexity index is 474. The number of sulfonamides is 1. The van der Waals surface area contributed by atoms with Crippen LogP contribution >= 0.6 is 0 Å². The summed E-state index contributed by atoms with van der Waals surface area (Å²) in [5, 5.41) is 9.19. The first kappa shape index (κ1) is 16.2. The standard InChI is InChI=1S/C12H22N2O4S/c1-4-14-9-12(8-11(14)10-15)19(16,17)13(3)6-7-18-5-2/h8-9,15H,4-7,10H2,1-3H3. The molecule has 0 atom stereocenters. The number of ether oxygens (including phenoxy) is 1. The molecule has 0 saturated carbocycles. The molecule has 0 radical (unpaired) electrons. The molecule has 6 nitrogen and oxygen atoms in total. The average molecular weight is 290 g/mol. The Kier molecular flexibility index (Phi) is 5.99. The third-order valence-electron chi connectivity index (χ3n) is 2.93. The normalized spacial score (nSPS) is 12.3. The molecule has 0 saturated heterocycles. The van der Waals surface area contributed by atoms with Crippen LogP contribution in [0.2, 0.25) is 0 Å². The predicted octanol–water partition coefficient (Wildman–Crippen LogP) is 0.657. The second-order valence-electron chi connectivity index (χ2n) is 4.13. The van der Waals surface area contributed by atoms with Gasteiger partial charge in [0, 0.05) is 38.6 Å². The van der Waals surface area contributed by atoms with Crippen LogP contribution in [-0.2, 0) is 27.9 Å². The van der Waals surface area contributed by atoms with Gasteiger partial charge in [0.05, 0.1) is 13.2 Å². The lowest BCUT2D eigenvalue weighted by molar-refractivity contribution is 0.138. The lowest BCUT2D eigenvalue weighted by Gasteiger charge is -2.15. The van der Waals surface area contributed by atoms with Gasteiger partial charge in [-0.1, -0.05) is 0 Å². The molecule has 1 aromatic rings. The molecule has 0 fully saturated rings. The Labute approximate surface area is 114 Å². The average Bonchev–Trinajstić information content (AvgIpc) is 2.82. The van der Waals surface area contributed by atoms with Gasteiger partial charge in [0.15, 0.2) is 0 Å².